The molecule has 1 aromatic heterocycles. The zero-order valence-electron chi connectivity index (χ0n) is 12.6. The number of benzene rings is 1. The smallest absolute Gasteiger partial charge is 0.327 e. The first-order valence-corrected chi connectivity index (χ1v) is 7.59. The topological polar surface area (TPSA) is 72.2 Å². The predicted molar refractivity (Wildman–Crippen MR) is 87.9 cm³/mol. The van der Waals surface area contributed by atoms with Gasteiger partial charge in [0.1, 0.15) is 5.82 Å². The van der Waals surface area contributed by atoms with Crippen LogP contribution in [0.1, 0.15) is 12.5 Å². The molecule has 0 atom stereocenters. The van der Waals surface area contributed by atoms with Gasteiger partial charge in [0, 0.05) is 31.9 Å². The quantitative estimate of drug-likeness (QED) is 0.885. The SMILES string of the molecule is CCc1c(N2CCN(c3ccccc3)CC2)[nH]c(=O)[nH]c1=O. The minimum absolute atomic E-state index is 0.285. The molecular formula is C16H20N4O2. The van der Waals surface area contributed by atoms with Crippen molar-refractivity contribution in [2.24, 2.45) is 0 Å². The van der Waals surface area contributed by atoms with E-state index in [1.807, 2.05) is 25.1 Å². The second kappa shape index (κ2) is 6.09. The lowest BCUT2D eigenvalue weighted by Gasteiger charge is -2.37. The summed E-state index contributed by atoms with van der Waals surface area (Å²) in [6, 6.07) is 10.3. The van der Waals surface area contributed by atoms with Crippen molar-refractivity contribution < 1.29 is 0 Å². The number of H-pyrrole nitrogens is 2. The normalized spacial score (nSPS) is 15.1. The van der Waals surface area contributed by atoms with Gasteiger partial charge in [0.15, 0.2) is 0 Å². The zero-order valence-corrected chi connectivity index (χ0v) is 12.6. The molecular weight excluding hydrogens is 280 g/mol. The monoisotopic (exact) mass is 300 g/mol. The zero-order chi connectivity index (χ0) is 15.5. The van der Waals surface area contributed by atoms with Crippen LogP contribution >= 0.6 is 0 Å². The van der Waals surface area contributed by atoms with Gasteiger partial charge < -0.3 is 9.80 Å². The maximum atomic E-state index is 11.9. The number of aromatic nitrogens is 2. The van der Waals surface area contributed by atoms with Crippen molar-refractivity contribution in [3.05, 3.63) is 56.7 Å². The number of hydrogen-bond acceptors (Lipinski definition) is 4. The molecule has 1 saturated heterocycles. The number of aromatic amines is 2. The highest BCUT2D eigenvalue weighted by molar-refractivity contribution is 5.51. The van der Waals surface area contributed by atoms with Crippen LogP contribution in [0.4, 0.5) is 11.5 Å². The van der Waals surface area contributed by atoms with Crippen LogP contribution in [0.5, 0.6) is 0 Å². The summed E-state index contributed by atoms with van der Waals surface area (Å²) >= 11 is 0. The molecule has 2 N–H and O–H groups in total. The molecule has 6 heteroatoms. The Balaban J connectivity index is 1.80. The van der Waals surface area contributed by atoms with Crippen LogP contribution in [0, 0.1) is 0 Å². The molecule has 0 unspecified atom stereocenters. The number of para-hydroxylation sites is 1. The maximum absolute atomic E-state index is 11.9. The summed E-state index contributed by atoms with van der Waals surface area (Å²) < 4.78 is 0. The Bertz CT molecular complexity index is 743. The molecule has 0 saturated carbocycles. The third kappa shape index (κ3) is 2.77. The number of hydrogen-bond donors (Lipinski definition) is 2. The fourth-order valence-electron chi connectivity index (χ4n) is 2.93. The minimum atomic E-state index is -0.442. The van der Waals surface area contributed by atoms with Crippen LogP contribution in [0.15, 0.2) is 39.9 Å². The largest absolute Gasteiger partial charge is 0.368 e. The highest BCUT2D eigenvalue weighted by atomic mass is 16.2. The van der Waals surface area contributed by atoms with E-state index in [4.69, 9.17) is 0 Å². The number of rotatable bonds is 3. The summed E-state index contributed by atoms with van der Waals surface area (Å²) in [6.45, 7) is 5.21. The molecule has 6 nitrogen and oxygen atoms in total. The van der Waals surface area contributed by atoms with E-state index >= 15 is 0 Å². The lowest BCUT2D eigenvalue weighted by molar-refractivity contribution is 0.641. The van der Waals surface area contributed by atoms with Crippen LogP contribution in [-0.2, 0) is 6.42 Å². The molecule has 1 aliphatic heterocycles. The summed E-state index contributed by atoms with van der Waals surface area (Å²) in [5.41, 5.74) is 1.12. The summed E-state index contributed by atoms with van der Waals surface area (Å²) in [4.78, 5) is 33.0. The van der Waals surface area contributed by atoms with Gasteiger partial charge in [-0.15, -0.1) is 0 Å². The average Bonchev–Trinajstić information content (AvgIpc) is 2.55. The van der Waals surface area contributed by atoms with E-state index in [0.29, 0.717) is 17.8 Å². The molecule has 0 amide bonds. The van der Waals surface area contributed by atoms with E-state index in [0.717, 1.165) is 26.2 Å². The average molecular weight is 300 g/mol. The summed E-state index contributed by atoms with van der Waals surface area (Å²) in [5, 5.41) is 0. The van der Waals surface area contributed by atoms with Crippen molar-refractivity contribution in [1.82, 2.24) is 9.97 Å². The minimum Gasteiger partial charge on any atom is -0.368 e. The third-order valence-electron chi connectivity index (χ3n) is 4.09. The van der Waals surface area contributed by atoms with Gasteiger partial charge in [0.05, 0.1) is 5.56 Å². The van der Waals surface area contributed by atoms with Crippen LogP contribution in [-0.4, -0.2) is 36.1 Å². The van der Waals surface area contributed by atoms with Crippen molar-refractivity contribution in [3.63, 3.8) is 0 Å². The standard InChI is InChI=1S/C16H20N4O2/c1-2-13-14(17-16(22)18-15(13)21)20-10-8-19(9-11-20)12-6-4-3-5-7-12/h3-7H,2,8-11H2,1H3,(H2,17,18,21,22). The van der Waals surface area contributed by atoms with Gasteiger partial charge in [-0.05, 0) is 18.6 Å². The molecule has 22 heavy (non-hydrogen) atoms. The molecule has 0 radical (unpaired) electrons. The van der Waals surface area contributed by atoms with Gasteiger partial charge in [-0.1, -0.05) is 25.1 Å². The van der Waals surface area contributed by atoms with Crippen molar-refractivity contribution >= 4 is 11.5 Å². The van der Waals surface area contributed by atoms with E-state index in [9.17, 15) is 9.59 Å². The van der Waals surface area contributed by atoms with E-state index in [-0.39, 0.29) is 5.56 Å². The van der Waals surface area contributed by atoms with Gasteiger partial charge in [-0.25, -0.2) is 4.79 Å². The molecule has 2 aromatic rings. The summed E-state index contributed by atoms with van der Waals surface area (Å²) in [5.74, 6) is 0.670. The molecule has 0 aliphatic carbocycles. The predicted octanol–water partition coefficient (Wildman–Crippen LogP) is 0.952. The molecule has 3 rings (SSSR count). The third-order valence-corrected chi connectivity index (χ3v) is 4.09. The highest BCUT2D eigenvalue weighted by Gasteiger charge is 2.21. The molecule has 1 fully saturated rings. The van der Waals surface area contributed by atoms with Gasteiger partial charge in [-0.3, -0.25) is 14.8 Å². The van der Waals surface area contributed by atoms with Crippen LogP contribution in [0.2, 0.25) is 0 Å². The number of nitrogens with one attached hydrogen (secondary N) is 2. The van der Waals surface area contributed by atoms with Crippen molar-refractivity contribution in [3.8, 4) is 0 Å². The maximum Gasteiger partial charge on any atom is 0.327 e. The summed E-state index contributed by atoms with van der Waals surface area (Å²) in [6.07, 6.45) is 0.598. The molecule has 0 bridgehead atoms. The van der Waals surface area contributed by atoms with Crippen LogP contribution in [0.3, 0.4) is 0 Å². The van der Waals surface area contributed by atoms with E-state index in [1.165, 1.54) is 5.69 Å². The van der Waals surface area contributed by atoms with Crippen molar-refractivity contribution in [2.75, 3.05) is 36.0 Å². The lowest BCUT2D eigenvalue weighted by Crippen LogP contribution is -2.48. The molecule has 0 spiro atoms. The highest BCUT2D eigenvalue weighted by Crippen LogP contribution is 2.19. The number of nitrogens with zero attached hydrogens (tertiary/aromatic N) is 2. The Morgan fingerprint density at radius 3 is 2.23 bits per heavy atom. The van der Waals surface area contributed by atoms with Crippen LogP contribution in [0.25, 0.3) is 0 Å². The fourth-order valence-corrected chi connectivity index (χ4v) is 2.93. The fraction of sp³-hybridized carbons (Fsp3) is 0.375. The van der Waals surface area contributed by atoms with E-state index in [1.54, 1.807) is 0 Å². The Labute approximate surface area is 128 Å². The second-order valence-corrected chi connectivity index (χ2v) is 5.40. The first-order chi connectivity index (χ1) is 10.7. The molecule has 1 aliphatic rings. The van der Waals surface area contributed by atoms with Crippen molar-refractivity contribution in [2.45, 2.75) is 13.3 Å². The van der Waals surface area contributed by atoms with Crippen LogP contribution < -0.4 is 21.0 Å². The van der Waals surface area contributed by atoms with Crippen molar-refractivity contribution in [1.29, 1.82) is 0 Å². The van der Waals surface area contributed by atoms with Gasteiger partial charge in [0.2, 0.25) is 0 Å². The first-order valence-electron chi connectivity index (χ1n) is 7.59. The Kier molecular flexibility index (Phi) is 4.00. The first kappa shape index (κ1) is 14.4. The number of anilines is 2. The summed E-state index contributed by atoms with van der Waals surface area (Å²) in [7, 11) is 0. The number of piperazine rings is 1. The lowest BCUT2D eigenvalue weighted by atomic mass is 10.2. The molecule has 2 heterocycles. The van der Waals surface area contributed by atoms with Gasteiger partial charge >= 0.3 is 5.69 Å². The van der Waals surface area contributed by atoms with E-state index in [2.05, 4.69) is 31.9 Å². The van der Waals surface area contributed by atoms with E-state index < -0.39 is 5.69 Å². The Morgan fingerprint density at radius 1 is 0.955 bits per heavy atom. The van der Waals surface area contributed by atoms with Gasteiger partial charge in [0.25, 0.3) is 5.56 Å². The molecule has 1 aromatic carbocycles. The Hall–Kier alpha value is -2.50. The van der Waals surface area contributed by atoms with Gasteiger partial charge in [-0.2, -0.15) is 0 Å². The molecule has 116 valence electrons. The Morgan fingerprint density at radius 2 is 1.59 bits per heavy atom. The second-order valence-electron chi connectivity index (χ2n) is 5.40.